The molecule has 0 bridgehead atoms. The van der Waals surface area contributed by atoms with E-state index < -0.39 is 7.40 Å². The van der Waals surface area contributed by atoms with Gasteiger partial charge in [0.2, 0.25) is 10.8 Å². The molecule has 0 unspecified atom stereocenters. The molecule has 0 radical (unpaired) electrons. The van der Waals surface area contributed by atoms with Crippen molar-refractivity contribution in [3.63, 3.8) is 0 Å². The van der Waals surface area contributed by atoms with Crippen LogP contribution in [-0.2, 0) is 0 Å². The molecule has 0 spiro atoms. The largest absolute Gasteiger partial charge is 0.867 e. The summed E-state index contributed by atoms with van der Waals surface area (Å²) in [5, 5.41) is 34.7. The number of hydrogen-bond acceptors (Lipinski definition) is 4. The molecule has 0 saturated carbocycles. The number of benzene rings is 2. The van der Waals surface area contributed by atoms with Gasteiger partial charge in [-0.15, -0.1) is 0 Å². The number of diazo groups is 2. The number of nitrogens with zero attached hydrogens (tertiary/aromatic N) is 4. The van der Waals surface area contributed by atoms with Gasteiger partial charge in [-0.25, -0.2) is 0 Å². The third kappa shape index (κ3) is 8.28. The van der Waals surface area contributed by atoms with E-state index in [1.54, 1.807) is 36.4 Å². The van der Waals surface area contributed by atoms with Crippen LogP contribution in [0.5, 0.6) is 0 Å². The molecule has 2 rings (SSSR count). The lowest BCUT2D eigenvalue weighted by molar-refractivity contribution is -0.366. The Labute approximate surface area is 156 Å². The van der Waals surface area contributed by atoms with Gasteiger partial charge >= 0.3 is 11.4 Å². The van der Waals surface area contributed by atoms with Crippen LogP contribution >= 0.6 is 46.4 Å². The van der Waals surface area contributed by atoms with E-state index in [1.807, 2.05) is 0 Å². The van der Waals surface area contributed by atoms with Crippen LogP contribution in [0.4, 0.5) is 15.7 Å². The molecule has 0 N–H and O–H groups in total. The van der Waals surface area contributed by atoms with E-state index in [0.717, 1.165) is 0 Å². The monoisotopic (exact) mass is 408 g/mol. The first kappa shape index (κ1) is 22.4. The summed E-state index contributed by atoms with van der Waals surface area (Å²) in [6.45, 7) is 0. The number of rotatable bonds is 0. The first-order valence-corrected chi connectivity index (χ1v) is 7.29. The van der Waals surface area contributed by atoms with Crippen molar-refractivity contribution in [2.75, 3.05) is 0 Å². The normalized spacial score (nSPS) is 8.54. The molecular formula is C12H6BCl4FN4O2. The fourth-order valence-electron chi connectivity index (χ4n) is 1.17. The highest BCUT2D eigenvalue weighted by Gasteiger charge is 2.16. The number of hydrogen-bond donors (Lipinski definition) is 0. The molecular weight excluding hydrogens is 404 g/mol. The summed E-state index contributed by atoms with van der Waals surface area (Å²) in [7, 11) is -3.17. The quantitative estimate of drug-likeness (QED) is 0.467. The van der Waals surface area contributed by atoms with Crippen LogP contribution in [0, 0.1) is 10.8 Å². The molecule has 12 heteroatoms. The Morgan fingerprint density at radius 3 is 1.08 bits per heavy atom. The van der Waals surface area contributed by atoms with Crippen LogP contribution in [0.15, 0.2) is 36.4 Å². The fraction of sp³-hybridized carbons (Fsp3) is 0. The van der Waals surface area contributed by atoms with E-state index in [-0.39, 0.29) is 11.4 Å². The highest BCUT2D eigenvalue weighted by molar-refractivity contribution is 6.39. The van der Waals surface area contributed by atoms with Gasteiger partial charge in [0.1, 0.15) is 27.5 Å². The van der Waals surface area contributed by atoms with Crippen LogP contribution in [0.3, 0.4) is 0 Å². The van der Waals surface area contributed by atoms with Crippen LogP contribution in [0.25, 0.3) is 9.95 Å². The average molecular weight is 410 g/mol. The van der Waals surface area contributed by atoms with Gasteiger partial charge in [0.05, 0.1) is 0 Å². The van der Waals surface area contributed by atoms with Gasteiger partial charge in [-0.1, -0.05) is 58.5 Å². The first-order valence-electron chi connectivity index (χ1n) is 5.78. The summed E-state index contributed by atoms with van der Waals surface area (Å²) < 4.78 is 9.89. The molecule has 0 aromatic heterocycles. The number of halogens is 5. The van der Waals surface area contributed by atoms with Crippen molar-refractivity contribution in [3.05, 3.63) is 66.4 Å². The molecule has 0 fully saturated rings. The molecule has 24 heavy (non-hydrogen) atoms. The lowest BCUT2D eigenvalue weighted by atomic mass is 10.3. The summed E-state index contributed by atoms with van der Waals surface area (Å²) in [5.74, 6) is 0. The maximum absolute atomic E-state index is 9.89. The summed E-state index contributed by atoms with van der Waals surface area (Å²) in [5.41, 5.74) is 0.427. The Morgan fingerprint density at radius 2 is 0.958 bits per heavy atom. The van der Waals surface area contributed by atoms with Gasteiger partial charge in [-0.3, -0.25) is 0 Å². The topological polar surface area (TPSA) is 102 Å². The van der Waals surface area contributed by atoms with Gasteiger partial charge in [0.25, 0.3) is 0 Å². The van der Waals surface area contributed by atoms with E-state index in [1.165, 1.54) is 0 Å². The Morgan fingerprint density at radius 1 is 0.750 bits per heavy atom. The van der Waals surface area contributed by atoms with E-state index >= 15 is 0 Å². The molecule has 0 atom stereocenters. The third-order valence-electron chi connectivity index (χ3n) is 2.08. The molecule has 0 saturated heterocycles. The smallest absolute Gasteiger partial charge is 0.421 e. The molecule has 2 aromatic carbocycles. The van der Waals surface area contributed by atoms with Crippen molar-refractivity contribution >= 4 is 65.2 Å². The standard InChI is InChI=1S/2C6H3Cl2N2.BFO2/c2*7-4-2-1-3-5(8)6(4)10-9;2-1(3)4/h2*1-3H;/q2*+1;-2. The molecule has 2 aromatic rings. The van der Waals surface area contributed by atoms with Gasteiger partial charge < -0.3 is 14.4 Å². The minimum atomic E-state index is -3.17. The second kappa shape index (κ2) is 11.8. The van der Waals surface area contributed by atoms with Crippen LogP contribution in [0.2, 0.25) is 20.1 Å². The summed E-state index contributed by atoms with van der Waals surface area (Å²) in [6.07, 6.45) is 0. The molecule has 0 heterocycles. The minimum Gasteiger partial charge on any atom is -0.867 e. The molecule has 6 nitrogen and oxygen atoms in total. The second-order valence-corrected chi connectivity index (χ2v) is 5.24. The zero-order valence-electron chi connectivity index (χ0n) is 11.5. The van der Waals surface area contributed by atoms with E-state index in [4.69, 9.17) is 67.2 Å². The highest BCUT2D eigenvalue weighted by atomic mass is 35.5. The molecule has 0 aliphatic heterocycles. The SMILES string of the molecule is N#[N+]c1c(Cl)cccc1Cl.N#[N+]c1c(Cl)cccc1Cl.[O-]B([O-])F. The fourth-order valence-corrected chi connectivity index (χ4v) is 2.12. The highest BCUT2D eigenvalue weighted by Crippen LogP contribution is 2.32. The second-order valence-electron chi connectivity index (χ2n) is 3.61. The zero-order valence-corrected chi connectivity index (χ0v) is 14.6. The molecule has 0 aliphatic rings. The van der Waals surface area contributed by atoms with Crippen molar-refractivity contribution in [3.8, 4) is 0 Å². The lowest BCUT2D eigenvalue weighted by Gasteiger charge is -2.09. The maximum Gasteiger partial charge on any atom is 0.421 e. The summed E-state index contributed by atoms with van der Waals surface area (Å²) >= 11 is 22.4. The Kier molecular flexibility index (Phi) is 11.0. The Balaban J connectivity index is 0.000000363. The summed E-state index contributed by atoms with van der Waals surface area (Å²) in [4.78, 5) is 5.81. The van der Waals surface area contributed by atoms with Gasteiger partial charge in [-0.05, 0) is 24.3 Å². The van der Waals surface area contributed by atoms with E-state index in [9.17, 15) is 4.32 Å². The van der Waals surface area contributed by atoms with Crippen molar-refractivity contribution in [2.24, 2.45) is 0 Å². The van der Waals surface area contributed by atoms with Crippen molar-refractivity contribution in [1.82, 2.24) is 0 Å². The van der Waals surface area contributed by atoms with Gasteiger partial charge in [-0.2, -0.15) is 0 Å². The lowest BCUT2D eigenvalue weighted by Crippen LogP contribution is -2.39. The minimum absolute atomic E-state index is 0.214. The van der Waals surface area contributed by atoms with E-state index in [0.29, 0.717) is 20.1 Å². The molecule has 0 amide bonds. The van der Waals surface area contributed by atoms with Crippen molar-refractivity contribution < 1.29 is 14.4 Å². The predicted octanol–water partition coefficient (Wildman–Crippen LogP) is 4.62. The third-order valence-corrected chi connectivity index (χ3v) is 3.30. The predicted molar refractivity (Wildman–Crippen MR) is 89.3 cm³/mol. The Bertz CT molecular complexity index is 663. The maximum atomic E-state index is 9.89. The van der Waals surface area contributed by atoms with Crippen molar-refractivity contribution in [1.29, 1.82) is 10.8 Å². The molecule has 0 aliphatic carbocycles. The Hall–Kier alpha value is -1.65. The van der Waals surface area contributed by atoms with Gasteiger partial charge in [0.15, 0.2) is 9.95 Å². The first-order chi connectivity index (χ1) is 11.2. The van der Waals surface area contributed by atoms with Crippen molar-refractivity contribution in [2.45, 2.75) is 0 Å². The van der Waals surface area contributed by atoms with E-state index in [2.05, 4.69) is 9.95 Å². The molecule has 124 valence electrons. The van der Waals surface area contributed by atoms with Crippen LogP contribution in [0.1, 0.15) is 0 Å². The van der Waals surface area contributed by atoms with Gasteiger partial charge in [0, 0.05) is 0 Å². The van der Waals surface area contributed by atoms with Crippen LogP contribution in [-0.4, -0.2) is 7.40 Å². The average Bonchev–Trinajstić information content (AvgIpc) is 2.48. The van der Waals surface area contributed by atoms with Crippen LogP contribution < -0.4 is 10.0 Å². The zero-order chi connectivity index (χ0) is 18.7. The summed E-state index contributed by atoms with van der Waals surface area (Å²) in [6, 6.07) is 9.76.